The zero-order valence-corrected chi connectivity index (χ0v) is 18.6. The molecule has 3 aromatic rings. The van der Waals surface area contributed by atoms with E-state index in [4.69, 9.17) is 17.3 Å². The minimum absolute atomic E-state index is 0.212. The predicted molar refractivity (Wildman–Crippen MR) is 128 cm³/mol. The van der Waals surface area contributed by atoms with Gasteiger partial charge in [0.05, 0.1) is 16.7 Å². The van der Waals surface area contributed by atoms with Gasteiger partial charge >= 0.3 is 0 Å². The number of primary amides is 1. The summed E-state index contributed by atoms with van der Waals surface area (Å²) in [7, 11) is 0. The molecule has 31 heavy (non-hydrogen) atoms. The van der Waals surface area contributed by atoms with Crippen molar-refractivity contribution in [2.24, 2.45) is 5.73 Å². The molecule has 160 valence electrons. The quantitative estimate of drug-likeness (QED) is 0.430. The molecular formula is C25H25ClN2O2S. The maximum absolute atomic E-state index is 12.0. The van der Waals surface area contributed by atoms with Crippen LogP contribution in [0.2, 0.25) is 5.02 Å². The monoisotopic (exact) mass is 452 g/mol. The molecule has 1 fully saturated rings. The Bertz CT molecular complexity index is 1080. The number of carbonyl (C=O) groups is 1. The summed E-state index contributed by atoms with van der Waals surface area (Å²) in [4.78, 5) is 14.1. The van der Waals surface area contributed by atoms with Crippen LogP contribution in [0.5, 0.6) is 0 Å². The van der Waals surface area contributed by atoms with Crippen LogP contribution in [-0.4, -0.2) is 23.2 Å². The van der Waals surface area contributed by atoms with E-state index in [0.29, 0.717) is 10.6 Å². The number of carbonyl (C=O) groups excluding carboxylic acids is 1. The van der Waals surface area contributed by atoms with Crippen molar-refractivity contribution >= 4 is 35.0 Å². The van der Waals surface area contributed by atoms with Gasteiger partial charge in [0.2, 0.25) is 0 Å². The van der Waals surface area contributed by atoms with Crippen molar-refractivity contribution in [3.63, 3.8) is 0 Å². The molecule has 3 aromatic carbocycles. The van der Waals surface area contributed by atoms with Gasteiger partial charge in [-0.1, -0.05) is 59.8 Å². The van der Waals surface area contributed by atoms with Gasteiger partial charge in [-0.15, -0.1) is 0 Å². The van der Waals surface area contributed by atoms with Crippen LogP contribution >= 0.6 is 23.4 Å². The number of nitrogens with one attached hydrogen (secondary N) is 1. The van der Waals surface area contributed by atoms with E-state index in [1.165, 1.54) is 0 Å². The normalized spacial score (nSPS) is 18.5. The van der Waals surface area contributed by atoms with Gasteiger partial charge in [-0.25, -0.2) is 0 Å². The molecule has 0 aromatic heterocycles. The number of hydrogen-bond acceptors (Lipinski definition) is 4. The van der Waals surface area contributed by atoms with Crippen molar-refractivity contribution < 1.29 is 9.90 Å². The molecule has 0 spiro atoms. The number of nitrogens with two attached hydrogens (primary N) is 1. The first-order valence-corrected chi connectivity index (χ1v) is 11.6. The average molecular weight is 453 g/mol. The smallest absolute Gasteiger partial charge is 0.250 e. The first-order valence-electron chi connectivity index (χ1n) is 10.4. The summed E-state index contributed by atoms with van der Waals surface area (Å²) in [5.74, 6) is -0.455. The van der Waals surface area contributed by atoms with Crippen LogP contribution in [0.4, 0.5) is 5.69 Å². The molecule has 0 atom stereocenters. The summed E-state index contributed by atoms with van der Waals surface area (Å²) >= 11 is 7.99. The van der Waals surface area contributed by atoms with Gasteiger partial charge in [0, 0.05) is 21.5 Å². The van der Waals surface area contributed by atoms with Crippen molar-refractivity contribution in [3.05, 3.63) is 77.3 Å². The summed E-state index contributed by atoms with van der Waals surface area (Å²) in [5, 5.41) is 14.0. The number of aliphatic hydroxyl groups is 1. The van der Waals surface area contributed by atoms with Gasteiger partial charge in [0.1, 0.15) is 0 Å². The summed E-state index contributed by atoms with van der Waals surface area (Å²) in [6.45, 7) is 0. The van der Waals surface area contributed by atoms with E-state index in [9.17, 15) is 9.90 Å². The Hall–Kier alpha value is -2.47. The predicted octanol–water partition coefficient (Wildman–Crippen LogP) is 5.97. The molecule has 0 aliphatic heterocycles. The molecule has 1 aliphatic carbocycles. The second-order valence-corrected chi connectivity index (χ2v) is 9.29. The molecule has 0 heterocycles. The van der Waals surface area contributed by atoms with E-state index in [1.54, 1.807) is 17.8 Å². The minimum atomic E-state index is -0.455. The summed E-state index contributed by atoms with van der Waals surface area (Å²) < 4.78 is 0. The molecule has 0 radical (unpaired) electrons. The Kier molecular flexibility index (Phi) is 6.86. The third-order valence-electron chi connectivity index (χ3n) is 5.60. The van der Waals surface area contributed by atoms with E-state index >= 15 is 0 Å². The molecule has 4 rings (SSSR count). The Balaban J connectivity index is 1.67. The summed E-state index contributed by atoms with van der Waals surface area (Å²) in [6, 6.07) is 21.9. The minimum Gasteiger partial charge on any atom is -0.393 e. The molecule has 1 saturated carbocycles. The van der Waals surface area contributed by atoms with E-state index < -0.39 is 5.91 Å². The number of amides is 1. The Morgan fingerprint density at radius 3 is 2.35 bits per heavy atom. The highest BCUT2D eigenvalue weighted by Gasteiger charge is 2.21. The Morgan fingerprint density at radius 2 is 1.65 bits per heavy atom. The largest absolute Gasteiger partial charge is 0.393 e. The lowest BCUT2D eigenvalue weighted by molar-refractivity contribution is 0.100. The second-order valence-electron chi connectivity index (χ2n) is 7.80. The standard InChI is InChI=1S/C25H25ClN2O2S/c26-21-6-2-4-8-24(21)31-23-7-3-1-5-19(23)16-9-14-20(25(27)30)22(15-16)28-17-10-12-18(29)13-11-17/h1-9,14-15,17-18,28-29H,10-13H2,(H2,27,30)/t17-,18-. The lowest BCUT2D eigenvalue weighted by atomic mass is 9.92. The van der Waals surface area contributed by atoms with E-state index in [-0.39, 0.29) is 12.1 Å². The fraction of sp³-hybridized carbons (Fsp3) is 0.240. The maximum Gasteiger partial charge on any atom is 0.250 e. The second kappa shape index (κ2) is 9.77. The van der Waals surface area contributed by atoms with Crippen LogP contribution < -0.4 is 11.1 Å². The van der Waals surface area contributed by atoms with E-state index in [1.807, 2.05) is 48.5 Å². The van der Waals surface area contributed by atoms with Gasteiger partial charge < -0.3 is 16.2 Å². The third-order valence-corrected chi connectivity index (χ3v) is 7.19. The Labute approximate surface area is 191 Å². The van der Waals surface area contributed by atoms with Gasteiger partial charge in [-0.05, 0) is 67.1 Å². The molecular weight excluding hydrogens is 428 g/mol. The third kappa shape index (κ3) is 5.24. The van der Waals surface area contributed by atoms with Crippen LogP contribution in [-0.2, 0) is 0 Å². The molecule has 4 nitrogen and oxygen atoms in total. The van der Waals surface area contributed by atoms with Crippen molar-refractivity contribution in [2.45, 2.75) is 47.6 Å². The van der Waals surface area contributed by atoms with Gasteiger partial charge in [0.15, 0.2) is 0 Å². The lowest BCUT2D eigenvalue weighted by Gasteiger charge is -2.28. The highest BCUT2D eigenvalue weighted by molar-refractivity contribution is 7.99. The van der Waals surface area contributed by atoms with Gasteiger partial charge in [-0.2, -0.15) is 0 Å². The zero-order valence-electron chi connectivity index (χ0n) is 17.1. The fourth-order valence-electron chi connectivity index (χ4n) is 3.93. The topological polar surface area (TPSA) is 75.4 Å². The number of aliphatic hydroxyl groups excluding tert-OH is 1. The molecule has 0 saturated heterocycles. The van der Waals surface area contributed by atoms with Crippen LogP contribution in [0, 0.1) is 0 Å². The zero-order chi connectivity index (χ0) is 21.8. The highest BCUT2D eigenvalue weighted by atomic mass is 35.5. The molecule has 1 amide bonds. The van der Waals surface area contributed by atoms with Crippen LogP contribution in [0.1, 0.15) is 36.0 Å². The van der Waals surface area contributed by atoms with Crippen molar-refractivity contribution in [1.82, 2.24) is 0 Å². The first kappa shape index (κ1) is 21.8. The first-order chi connectivity index (χ1) is 15.0. The van der Waals surface area contributed by atoms with Crippen molar-refractivity contribution in [2.75, 3.05) is 5.32 Å². The fourth-order valence-corrected chi connectivity index (χ4v) is 5.17. The number of hydrogen-bond donors (Lipinski definition) is 3. The van der Waals surface area contributed by atoms with E-state index in [0.717, 1.165) is 52.3 Å². The molecule has 4 N–H and O–H groups in total. The Morgan fingerprint density at radius 1 is 0.968 bits per heavy atom. The molecule has 6 heteroatoms. The molecule has 0 bridgehead atoms. The number of rotatable bonds is 6. The molecule has 1 aliphatic rings. The summed E-state index contributed by atoms with van der Waals surface area (Å²) in [6.07, 6.45) is 3.03. The van der Waals surface area contributed by atoms with Crippen LogP contribution in [0.25, 0.3) is 11.1 Å². The highest BCUT2D eigenvalue weighted by Crippen LogP contribution is 2.39. The number of benzene rings is 3. The number of anilines is 1. The SMILES string of the molecule is NC(=O)c1ccc(-c2ccccc2Sc2ccccc2Cl)cc1N[C@H]1CC[C@H](O)CC1. The van der Waals surface area contributed by atoms with Crippen LogP contribution in [0.3, 0.4) is 0 Å². The maximum atomic E-state index is 12.0. The van der Waals surface area contributed by atoms with Crippen molar-refractivity contribution in [1.29, 1.82) is 0 Å². The number of halogens is 1. The lowest BCUT2D eigenvalue weighted by Crippen LogP contribution is -2.29. The summed E-state index contributed by atoms with van der Waals surface area (Å²) in [5.41, 5.74) is 8.92. The van der Waals surface area contributed by atoms with Gasteiger partial charge in [-0.3, -0.25) is 4.79 Å². The van der Waals surface area contributed by atoms with E-state index in [2.05, 4.69) is 17.4 Å². The van der Waals surface area contributed by atoms with Crippen LogP contribution in [0.15, 0.2) is 76.5 Å². The average Bonchev–Trinajstić information content (AvgIpc) is 2.77. The van der Waals surface area contributed by atoms with Crippen molar-refractivity contribution in [3.8, 4) is 11.1 Å². The van der Waals surface area contributed by atoms with Gasteiger partial charge in [0.25, 0.3) is 5.91 Å². The molecule has 0 unspecified atom stereocenters.